The van der Waals surface area contributed by atoms with Crippen LogP contribution in [0.5, 0.6) is 5.75 Å². The third kappa shape index (κ3) is 2.95. The first-order valence-electron chi connectivity index (χ1n) is 8.00. The molecule has 1 aromatic rings. The molecule has 2 rings (SSSR count). The van der Waals surface area contributed by atoms with Crippen LogP contribution in [-0.4, -0.2) is 37.7 Å². The SMILES string of the molecule is CNC(c1ccc(C)c(C)c1OC)C(C)(C)N1CCCC1. The van der Waals surface area contributed by atoms with Crippen LogP contribution >= 0.6 is 0 Å². The van der Waals surface area contributed by atoms with Gasteiger partial charge >= 0.3 is 0 Å². The summed E-state index contributed by atoms with van der Waals surface area (Å²) in [4.78, 5) is 2.60. The molecule has 1 saturated heterocycles. The molecule has 1 N–H and O–H groups in total. The lowest BCUT2D eigenvalue weighted by Crippen LogP contribution is -2.50. The number of methoxy groups -OCH3 is 1. The Labute approximate surface area is 129 Å². The third-order valence-corrected chi connectivity index (χ3v) is 5.14. The van der Waals surface area contributed by atoms with Crippen LogP contribution in [0.15, 0.2) is 12.1 Å². The standard InChI is InChI=1S/C18H30N2O/c1-13-9-10-15(16(21-6)14(13)2)17(19-5)18(3,4)20-11-7-8-12-20/h9-10,17,19H,7-8,11-12H2,1-6H3. The topological polar surface area (TPSA) is 24.5 Å². The van der Waals surface area contributed by atoms with E-state index in [2.05, 4.69) is 57.1 Å². The molecule has 1 heterocycles. The van der Waals surface area contributed by atoms with E-state index in [0.717, 1.165) is 5.75 Å². The van der Waals surface area contributed by atoms with E-state index < -0.39 is 0 Å². The highest BCUT2D eigenvalue weighted by Gasteiger charge is 2.38. The van der Waals surface area contributed by atoms with Crippen molar-refractivity contribution >= 4 is 0 Å². The van der Waals surface area contributed by atoms with Crippen molar-refractivity contribution in [3.63, 3.8) is 0 Å². The van der Waals surface area contributed by atoms with Crippen molar-refractivity contribution in [2.75, 3.05) is 27.2 Å². The van der Waals surface area contributed by atoms with Crippen LogP contribution in [0.1, 0.15) is 49.4 Å². The van der Waals surface area contributed by atoms with E-state index in [0.29, 0.717) is 0 Å². The molecule has 0 bridgehead atoms. The molecule has 21 heavy (non-hydrogen) atoms. The molecule has 0 amide bonds. The Hall–Kier alpha value is -1.06. The van der Waals surface area contributed by atoms with Crippen LogP contribution in [0.4, 0.5) is 0 Å². The number of likely N-dealkylation sites (tertiary alicyclic amines) is 1. The van der Waals surface area contributed by atoms with Gasteiger partial charge in [0.25, 0.3) is 0 Å². The molecular weight excluding hydrogens is 260 g/mol. The zero-order chi connectivity index (χ0) is 15.6. The van der Waals surface area contributed by atoms with E-state index in [1.807, 2.05) is 0 Å². The summed E-state index contributed by atoms with van der Waals surface area (Å²) in [7, 11) is 3.83. The van der Waals surface area contributed by atoms with Crippen molar-refractivity contribution in [3.05, 3.63) is 28.8 Å². The van der Waals surface area contributed by atoms with Gasteiger partial charge in [-0.3, -0.25) is 4.90 Å². The Morgan fingerprint density at radius 2 is 1.81 bits per heavy atom. The maximum absolute atomic E-state index is 5.74. The predicted octanol–water partition coefficient (Wildman–Crippen LogP) is 3.45. The fourth-order valence-corrected chi connectivity index (χ4v) is 3.67. The van der Waals surface area contributed by atoms with Gasteiger partial charge in [0.05, 0.1) is 13.2 Å². The Kier molecular flexibility index (Phi) is 4.95. The Bertz CT molecular complexity index is 490. The molecule has 0 saturated carbocycles. The Morgan fingerprint density at radius 1 is 1.19 bits per heavy atom. The number of nitrogens with one attached hydrogen (secondary N) is 1. The van der Waals surface area contributed by atoms with E-state index in [1.54, 1.807) is 7.11 Å². The largest absolute Gasteiger partial charge is 0.496 e. The van der Waals surface area contributed by atoms with Crippen LogP contribution in [0.25, 0.3) is 0 Å². The summed E-state index contributed by atoms with van der Waals surface area (Å²) in [6, 6.07) is 4.68. The van der Waals surface area contributed by atoms with Crippen molar-refractivity contribution in [3.8, 4) is 5.75 Å². The van der Waals surface area contributed by atoms with Gasteiger partial charge in [-0.15, -0.1) is 0 Å². The Morgan fingerprint density at radius 3 is 2.33 bits per heavy atom. The summed E-state index contributed by atoms with van der Waals surface area (Å²) in [6.45, 7) is 11.4. The molecule has 1 aliphatic rings. The van der Waals surface area contributed by atoms with E-state index >= 15 is 0 Å². The van der Waals surface area contributed by atoms with Crippen molar-refractivity contribution in [1.29, 1.82) is 0 Å². The van der Waals surface area contributed by atoms with Crippen molar-refractivity contribution in [2.45, 2.75) is 52.1 Å². The summed E-state index contributed by atoms with van der Waals surface area (Å²) in [5, 5.41) is 3.54. The van der Waals surface area contributed by atoms with E-state index in [-0.39, 0.29) is 11.6 Å². The number of benzene rings is 1. The number of likely N-dealkylation sites (N-methyl/N-ethyl adjacent to an activating group) is 1. The summed E-state index contributed by atoms with van der Waals surface area (Å²) in [6.07, 6.45) is 2.62. The molecule has 0 aliphatic carbocycles. The van der Waals surface area contributed by atoms with Crippen LogP contribution in [0.2, 0.25) is 0 Å². The summed E-state index contributed by atoms with van der Waals surface area (Å²) >= 11 is 0. The number of hydrogen-bond acceptors (Lipinski definition) is 3. The normalized spacial score (nSPS) is 18.0. The first-order chi connectivity index (χ1) is 9.93. The van der Waals surface area contributed by atoms with Crippen LogP contribution in [0.3, 0.4) is 0 Å². The third-order valence-electron chi connectivity index (χ3n) is 5.14. The summed E-state index contributed by atoms with van der Waals surface area (Å²) in [5.41, 5.74) is 3.86. The average Bonchev–Trinajstić information content (AvgIpc) is 2.98. The molecule has 1 aromatic carbocycles. The summed E-state index contributed by atoms with van der Waals surface area (Å²) < 4.78 is 5.74. The minimum Gasteiger partial charge on any atom is -0.496 e. The molecular formula is C18H30N2O. The van der Waals surface area contributed by atoms with Crippen molar-refractivity contribution < 1.29 is 4.74 Å². The predicted molar refractivity (Wildman–Crippen MR) is 89.2 cm³/mol. The lowest BCUT2D eigenvalue weighted by Gasteiger charge is -2.43. The van der Waals surface area contributed by atoms with Crippen molar-refractivity contribution in [1.82, 2.24) is 10.2 Å². The fourth-order valence-electron chi connectivity index (χ4n) is 3.67. The highest BCUT2D eigenvalue weighted by Crippen LogP contribution is 2.39. The second-order valence-corrected chi connectivity index (χ2v) is 6.70. The minimum absolute atomic E-state index is 0.0697. The number of nitrogens with zero attached hydrogens (tertiary/aromatic N) is 1. The van der Waals surface area contributed by atoms with Crippen molar-refractivity contribution in [2.24, 2.45) is 0 Å². The molecule has 0 aromatic heterocycles. The maximum atomic E-state index is 5.74. The zero-order valence-electron chi connectivity index (χ0n) is 14.4. The van der Waals surface area contributed by atoms with Crippen LogP contribution in [-0.2, 0) is 0 Å². The lowest BCUT2D eigenvalue weighted by atomic mass is 9.85. The minimum atomic E-state index is 0.0697. The zero-order valence-corrected chi connectivity index (χ0v) is 14.4. The van der Waals surface area contributed by atoms with Gasteiger partial charge in [0.2, 0.25) is 0 Å². The molecule has 3 heteroatoms. The van der Waals surface area contributed by atoms with Gasteiger partial charge in [0.1, 0.15) is 5.75 Å². The highest BCUT2D eigenvalue weighted by atomic mass is 16.5. The van der Waals surface area contributed by atoms with Gasteiger partial charge in [0.15, 0.2) is 0 Å². The molecule has 1 atom stereocenters. The second-order valence-electron chi connectivity index (χ2n) is 6.70. The second kappa shape index (κ2) is 6.37. The maximum Gasteiger partial charge on any atom is 0.126 e. The van der Waals surface area contributed by atoms with Crippen LogP contribution < -0.4 is 10.1 Å². The lowest BCUT2D eigenvalue weighted by molar-refractivity contribution is 0.109. The quantitative estimate of drug-likeness (QED) is 0.899. The smallest absolute Gasteiger partial charge is 0.126 e. The molecule has 3 nitrogen and oxygen atoms in total. The molecule has 0 spiro atoms. The number of hydrogen-bond donors (Lipinski definition) is 1. The average molecular weight is 290 g/mol. The monoisotopic (exact) mass is 290 g/mol. The van der Waals surface area contributed by atoms with Gasteiger partial charge in [-0.05, 0) is 71.8 Å². The molecule has 1 fully saturated rings. The highest BCUT2D eigenvalue weighted by molar-refractivity contribution is 5.47. The first-order valence-corrected chi connectivity index (χ1v) is 8.00. The molecule has 0 radical (unpaired) electrons. The van der Waals surface area contributed by atoms with Crippen LogP contribution in [0, 0.1) is 13.8 Å². The van der Waals surface area contributed by atoms with Gasteiger partial charge in [0, 0.05) is 11.1 Å². The number of ether oxygens (including phenoxy) is 1. The first kappa shape index (κ1) is 16.3. The number of rotatable bonds is 5. The van der Waals surface area contributed by atoms with Gasteiger partial charge in [-0.25, -0.2) is 0 Å². The van der Waals surface area contributed by atoms with Gasteiger partial charge < -0.3 is 10.1 Å². The molecule has 1 aliphatic heterocycles. The fraction of sp³-hybridized carbons (Fsp3) is 0.667. The van der Waals surface area contributed by atoms with E-state index in [9.17, 15) is 0 Å². The summed E-state index contributed by atoms with van der Waals surface area (Å²) in [5.74, 6) is 1.03. The Balaban J connectivity index is 2.43. The number of aryl methyl sites for hydroxylation is 1. The molecule has 1 unspecified atom stereocenters. The van der Waals surface area contributed by atoms with Gasteiger partial charge in [-0.2, -0.15) is 0 Å². The van der Waals surface area contributed by atoms with E-state index in [1.165, 1.54) is 42.6 Å². The van der Waals surface area contributed by atoms with Gasteiger partial charge in [-0.1, -0.05) is 12.1 Å². The molecule has 118 valence electrons. The van der Waals surface area contributed by atoms with E-state index in [4.69, 9.17) is 4.74 Å².